The van der Waals surface area contributed by atoms with E-state index in [0.29, 0.717) is 21.2 Å². The van der Waals surface area contributed by atoms with Crippen LogP contribution in [-0.4, -0.2) is 16.0 Å². The van der Waals surface area contributed by atoms with E-state index in [2.05, 4.69) is 70.2 Å². The van der Waals surface area contributed by atoms with Gasteiger partial charge >= 0.3 is 5.97 Å². The van der Waals surface area contributed by atoms with E-state index in [0.717, 1.165) is 48.3 Å². The minimum atomic E-state index is -0.00210. The molecule has 4 aliphatic rings. The molecule has 0 aromatic rings. The van der Waals surface area contributed by atoms with Crippen molar-refractivity contribution < 1.29 is 9.53 Å². The Balaban J connectivity index is 1.42. The van der Waals surface area contributed by atoms with Gasteiger partial charge in [0.2, 0.25) is 0 Å². The van der Waals surface area contributed by atoms with Crippen molar-refractivity contribution in [2.75, 3.05) is 0 Å². The summed E-state index contributed by atoms with van der Waals surface area (Å²) in [5, 5.41) is 0. The van der Waals surface area contributed by atoms with E-state index in [-0.39, 0.29) is 12.1 Å². The molecule has 0 radical (unpaired) electrons. The minimum Gasteiger partial charge on any atom is -0.462 e. The lowest BCUT2D eigenvalue weighted by Gasteiger charge is -2.58. The molecule has 0 amide bonds. The van der Waals surface area contributed by atoms with E-state index in [1.54, 1.807) is 5.57 Å². The van der Waals surface area contributed by atoms with Gasteiger partial charge in [-0.15, -0.1) is 0 Å². The first-order chi connectivity index (χ1) is 16.0. The van der Waals surface area contributed by atoms with Gasteiger partial charge in [0.15, 0.2) is 0 Å². The number of hydrogen-bond acceptors (Lipinski definition) is 2. The van der Waals surface area contributed by atoms with Crippen LogP contribution in [0.3, 0.4) is 0 Å². The fourth-order valence-corrected chi connectivity index (χ4v) is 9.58. The van der Waals surface area contributed by atoms with Crippen molar-refractivity contribution in [1.29, 1.82) is 0 Å². The molecule has 194 valence electrons. The molecule has 0 spiro atoms. The van der Waals surface area contributed by atoms with Gasteiger partial charge in [0, 0.05) is 10.3 Å². The Morgan fingerprint density at radius 3 is 2.53 bits per heavy atom. The second kappa shape index (κ2) is 10.7. The summed E-state index contributed by atoms with van der Waals surface area (Å²) in [6.45, 7) is 14.7. The number of hydrogen-bond donors (Lipinski definition) is 0. The maximum absolute atomic E-state index is 12.3. The lowest BCUT2D eigenvalue weighted by molar-refractivity contribution is -0.151. The van der Waals surface area contributed by atoms with E-state index in [9.17, 15) is 4.79 Å². The maximum atomic E-state index is 12.3. The van der Waals surface area contributed by atoms with Gasteiger partial charge in [-0.25, -0.2) is 0 Å². The third-order valence-electron chi connectivity index (χ3n) is 11.0. The Morgan fingerprint density at radius 2 is 1.82 bits per heavy atom. The summed E-state index contributed by atoms with van der Waals surface area (Å²) >= 11 is 2.32. The van der Waals surface area contributed by atoms with Crippen LogP contribution in [0.4, 0.5) is 0 Å². The number of halogens is 1. The van der Waals surface area contributed by atoms with Gasteiger partial charge in [-0.1, -0.05) is 95.0 Å². The Bertz CT molecular complexity index is 757. The van der Waals surface area contributed by atoms with Gasteiger partial charge in [0.1, 0.15) is 6.10 Å². The van der Waals surface area contributed by atoms with Crippen LogP contribution < -0.4 is 0 Å². The maximum Gasteiger partial charge on any atom is 0.307 e. The third kappa shape index (κ3) is 5.30. The quantitative estimate of drug-likeness (QED) is 0.123. The molecule has 3 fully saturated rings. The van der Waals surface area contributed by atoms with Crippen LogP contribution in [0.1, 0.15) is 119 Å². The molecule has 0 heterocycles. The van der Waals surface area contributed by atoms with Crippen LogP contribution >= 0.6 is 22.6 Å². The van der Waals surface area contributed by atoms with Gasteiger partial charge in [0.05, 0.1) is 6.42 Å². The van der Waals surface area contributed by atoms with E-state index < -0.39 is 0 Å². The highest BCUT2D eigenvalue weighted by Gasteiger charge is 2.59. The predicted molar refractivity (Wildman–Crippen MR) is 151 cm³/mol. The van der Waals surface area contributed by atoms with Crippen molar-refractivity contribution in [2.24, 2.45) is 46.3 Å². The summed E-state index contributed by atoms with van der Waals surface area (Å²) in [7, 11) is 0. The highest BCUT2D eigenvalue weighted by molar-refractivity contribution is 14.1. The van der Waals surface area contributed by atoms with E-state index in [1.165, 1.54) is 57.8 Å². The molecule has 2 nitrogen and oxygen atoms in total. The van der Waals surface area contributed by atoms with Crippen LogP contribution in [0.5, 0.6) is 0 Å². The molecule has 0 aliphatic heterocycles. The zero-order chi connectivity index (χ0) is 24.7. The van der Waals surface area contributed by atoms with E-state index >= 15 is 0 Å². The lowest BCUT2D eigenvalue weighted by atomic mass is 9.47. The van der Waals surface area contributed by atoms with Crippen LogP contribution in [0.25, 0.3) is 0 Å². The number of ether oxygens (including phenoxy) is 1. The highest BCUT2D eigenvalue weighted by Crippen LogP contribution is 2.67. The topological polar surface area (TPSA) is 26.3 Å². The first-order valence-corrected chi connectivity index (χ1v) is 15.8. The molecule has 3 saturated carbocycles. The van der Waals surface area contributed by atoms with E-state index in [4.69, 9.17) is 4.74 Å². The molecule has 9 unspecified atom stereocenters. The molecular weight excluding hydrogens is 531 g/mol. The highest BCUT2D eigenvalue weighted by atomic mass is 127. The number of esters is 1. The average molecular weight is 583 g/mol. The molecule has 0 aromatic carbocycles. The number of rotatable bonds is 8. The average Bonchev–Trinajstić information content (AvgIpc) is 3.10. The van der Waals surface area contributed by atoms with Crippen molar-refractivity contribution in [3.05, 3.63) is 11.6 Å². The van der Waals surface area contributed by atoms with Crippen molar-refractivity contribution in [1.82, 2.24) is 0 Å². The Morgan fingerprint density at radius 1 is 1.06 bits per heavy atom. The summed E-state index contributed by atoms with van der Waals surface area (Å²) in [5.41, 5.74) is 2.52. The molecule has 0 N–H and O–H groups in total. The van der Waals surface area contributed by atoms with Gasteiger partial charge in [0.25, 0.3) is 0 Å². The molecule has 3 heteroatoms. The van der Waals surface area contributed by atoms with Gasteiger partial charge in [-0.2, -0.15) is 0 Å². The second-order valence-electron chi connectivity index (χ2n) is 13.6. The smallest absolute Gasteiger partial charge is 0.307 e. The standard InChI is InChI=1S/C31H51IO2/c1-20(2)8-7-9-21(3)26-12-13-27-25-11-10-23-19-24(34-29(33)18-22(4)32)14-16-30(23,5)28(25)15-17-31(26,27)6/h10,20-22,24-28H,7-9,11-19H2,1-6H3. The first kappa shape index (κ1) is 27.0. The zero-order valence-electron chi connectivity index (χ0n) is 22.9. The second-order valence-corrected chi connectivity index (χ2v) is 15.8. The number of alkyl halides is 1. The summed E-state index contributed by atoms with van der Waals surface area (Å²) < 4.78 is 6.27. The van der Waals surface area contributed by atoms with Gasteiger partial charge in [-0.05, 0) is 91.3 Å². The van der Waals surface area contributed by atoms with Crippen LogP contribution in [-0.2, 0) is 9.53 Å². The number of allylic oxidation sites excluding steroid dienone is 1. The lowest BCUT2D eigenvalue weighted by Crippen LogP contribution is -2.51. The van der Waals surface area contributed by atoms with Gasteiger partial charge < -0.3 is 4.74 Å². The first-order valence-electron chi connectivity index (χ1n) is 14.6. The van der Waals surface area contributed by atoms with Crippen molar-refractivity contribution in [3.8, 4) is 0 Å². The molecule has 9 atom stereocenters. The molecule has 34 heavy (non-hydrogen) atoms. The fraction of sp³-hybridized carbons (Fsp3) is 0.903. The molecule has 0 saturated heterocycles. The van der Waals surface area contributed by atoms with Crippen LogP contribution in [0.15, 0.2) is 11.6 Å². The number of carbonyl (C=O) groups is 1. The Labute approximate surface area is 224 Å². The largest absolute Gasteiger partial charge is 0.462 e. The molecule has 0 bridgehead atoms. The number of carbonyl (C=O) groups excluding carboxylic acids is 1. The summed E-state index contributed by atoms with van der Waals surface area (Å²) in [5.74, 6) is 5.28. The molecule has 4 rings (SSSR count). The molecular formula is C31H51IO2. The summed E-state index contributed by atoms with van der Waals surface area (Å²) in [6.07, 6.45) is 17.8. The molecule has 0 aromatic heterocycles. The van der Waals surface area contributed by atoms with E-state index in [1.807, 2.05) is 0 Å². The minimum absolute atomic E-state index is 0.00210. The normalized spacial score (nSPS) is 41.2. The third-order valence-corrected chi connectivity index (χ3v) is 11.4. The van der Waals surface area contributed by atoms with Crippen LogP contribution in [0, 0.1) is 46.3 Å². The monoisotopic (exact) mass is 582 g/mol. The number of fused-ring (bicyclic) bond motifs is 5. The zero-order valence-corrected chi connectivity index (χ0v) is 25.0. The summed E-state index contributed by atoms with van der Waals surface area (Å²) in [4.78, 5) is 12.3. The van der Waals surface area contributed by atoms with Crippen molar-refractivity contribution in [2.45, 2.75) is 129 Å². The van der Waals surface area contributed by atoms with Crippen molar-refractivity contribution in [3.63, 3.8) is 0 Å². The molecule has 4 aliphatic carbocycles. The van der Waals surface area contributed by atoms with Crippen LogP contribution in [0.2, 0.25) is 0 Å². The summed E-state index contributed by atoms with van der Waals surface area (Å²) in [6, 6.07) is 0. The predicted octanol–water partition coefficient (Wildman–Crippen LogP) is 9.15. The van der Waals surface area contributed by atoms with Gasteiger partial charge in [-0.3, -0.25) is 4.79 Å². The van der Waals surface area contributed by atoms with Crippen molar-refractivity contribution >= 4 is 28.6 Å². The Kier molecular flexibility index (Phi) is 8.52. The Hall–Kier alpha value is -0.0600. The fourth-order valence-electron chi connectivity index (χ4n) is 9.22. The SMILES string of the molecule is CC(C)CCCC(C)C1CCC2C3CC=C4CC(OC(=O)CC(C)I)CCC4(C)C3CCC12C.